The second-order valence-corrected chi connectivity index (χ2v) is 5.39. The van der Waals surface area contributed by atoms with Crippen LogP contribution in [0.25, 0.3) is 0 Å². The SMILES string of the molecule is CCc1cc(C(=O)NC(C)(Cc2ccccc2)C(=O)O)n[nH]1. The maximum atomic E-state index is 12.2. The number of carboxylic acids is 1. The molecule has 2 rings (SSSR count). The van der Waals surface area contributed by atoms with Crippen molar-refractivity contribution in [1.29, 1.82) is 0 Å². The first-order valence-electron chi connectivity index (χ1n) is 7.08. The number of benzene rings is 1. The minimum Gasteiger partial charge on any atom is -0.480 e. The maximum Gasteiger partial charge on any atom is 0.329 e. The summed E-state index contributed by atoms with van der Waals surface area (Å²) in [6, 6.07) is 10.8. The molecule has 1 amide bonds. The van der Waals surface area contributed by atoms with Crippen molar-refractivity contribution < 1.29 is 14.7 Å². The van der Waals surface area contributed by atoms with E-state index in [1.54, 1.807) is 6.07 Å². The van der Waals surface area contributed by atoms with E-state index in [0.29, 0.717) is 0 Å². The molecule has 6 nitrogen and oxygen atoms in total. The van der Waals surface area contributed by atoms with Crippen LogP contribution in [-0.4, -0.2) is 32.7 Å². The van der Waals surface area contributed by atoms with Crippen molar-refractivity contribution in [3.8, 4) is 0 Å². The van der Waals surface area contributed by atoms with Gasteiger partial charge in [-0.1, -0.05) is 37.3 Å². The summed E-state index contributed by atoms with van der Waals surface area (Å²) in [5, 5.41) is 18.7. The Morgan fingerprint density at radius 1 is 1.32 bits per heavy atom. The summed E-state index contributed by atoms with van der Waals surface area (Å²) in [5.74, 6) is -1.59. The van der Waals surface area contributed by atoms with Crippen LogP contribution in [0.1, 0.15) is 35.6 Å². The molecule has 2 aromatic rings. The molecule has 1 aromatic carbocycles. The fourth-order valence-corrected chi connectivity index (χ4v) is 2.15. The van der Waals surface area contributed by atoms with Crippen LogP contribution in [0.4, 0.5) is 0 Å². The van der Waals surface area contributed by atoms with Crippen LogP contribution in [0.2, 0.25) is 0 Å². The van der Waals surface area contributed by atoms with E-state index in [2.05, 4.69) is 15.5 Å². The molecule has 1 atom stereocenters. The first kappa shape index (κ1) is 15.8. The normalized spacial score (nSPS) is 13.4. The second kappa shape index (κ2) is 6.43. The fraction of sp³-hybridized carbons (Fsp3) is 0.312. The number of hydrogen-bond donors (Lipinski definition) is 3. The van der Waals surface area contributed by atoms with Crippen molar-refractivity contribution >= 4 is 11.9 Å². The largest absolute Gasteiger partial charge is 0.480 e. The monoisotopic (exact) mass is 301 g/mol. The van der Waals surface area contributed by atoms with Crippen LogP contribution >= 0.6 is 0 Å². The molecule has 0 aliphatic rings. The van der Waals surface area contributed by atoms with Gasteiger partial charge < -0.3 is 10.4 Å². The standard InChI is InChI=1S/C16H19N3O3/c1-3-12-9-13(19-18-12)14(20)17-16(2,15(21)22)10-11-7-5-4-6-8-11/h4-9H,3,10H2,1-2H3,(H,17,20)(H,18,19)(H,21,22). The molecule has 22 heavy (non-hydrogen) atoms. The van der Waals surface area contributed by atoms with Gasteiger partial charge in [0.25, 0.3) is 5.91 Å². The highest BCUT2D eigenvalue weighted by Crippen LogP contribution is 2.15. The Morgan fingerprint density at radius 3 is 2.55 bits per heavy atom. The van der Waals surface area contributed by atoms with Gasteiger partial charge in [-0.2, -0.15) is 5.10 Å². The lowest BCUT2D eigenvalue weighted by Gasteiger charge is -2.26. The van der Waals surface area contributed by atoms with Gasteiger partial charge in [0.05, 0.1) is 0 Å². The topological polar surface area (TPSA) is 95.1 Å². The minimum atomic E-state index is -1.40. The van der Waals surface area contributed by atoms with E-state index in [4.69, 9.17) is 0 Å². The van der Waals surface area contributed by atoms with Crippen molar-refractivity contribution in [1.82, 2.24) is 15.5 Å². The first-order chi connectivity index (χ1) is 10.4. The predicted octanol–water partition coefficient (Wildman–Crippen LogP) is 1.79. The van der Waals surface area contributed by atoms with Gasteiger partial charge in [-0.15, -0.1) is 0 Å². The lowest BCUT2D eigenvalue weighted by molar-refractivity contribution is -0.143. The third kappa shape index (κ3) is 3.52. The van der Waals surface area contributed by atoms with Crippen molar-refractivity contribution in [3.05, 3.63) is 53.3 Å². The zero-order valence-corrected chi connectivity index (χ0v) is 12.6. The number of aryl methyl sites for hydroxylation is 1. The van der Waals surface area contributed by atoms with Gasteiger partial charge in [0.2, 0.25) is 0 Å². The van der Waals surface area contributed by atoms with Crippen LogP contribution in [-0.2, 0) is 17.6 Å². The van der Waals surface area contributed by atoms with E-state index in [0.717, 1.165) is 17.7 Å². The number of H-pyrrole nitrogens is 1. The minimum absolute atomic E-state index is 0.192. The number of nitrogens with one attached hydrogen (secondary N) is 2. The molecule has 0 saturated carbocycles. The van der Waals surface area contributed by atoms with E-state index in [9.17, 15) is 14.7 Å². The third-order valence-electron chi connectivity index (χ3n) is 3.51. The second-order valence-electron chi connectivity index (χ2n) is 5.39. The molecule has 0 aliphatic carbocycles. The Hall–Kier alpha value is -2.63. The Bertz CT molecular complexity index is 666. The van der Waals surface area contributed by atoms with Crippen LogP contribution < -0.4 is 5.32 Å². The lowest BCUT2D eigenvalue weighted by Crippen LogP contribution is -2.53. The van der Waals surface area contributed by atoms with Crippen LogP contribution in [0.5, 0.6) is 0 Å². The molecule has 0 spiro atoms. The van der Waals surface area contributed by atoms with Crippen LogP contribution in [0.3, 0.4) is 0 Å². The molecule has 0 saturated heterocycles. The number of hydrogen-bond acceptors (Lipinski definition) is 3. The van der Waals surface area contributed by atoms with Crippen molar-refractivity contribution in [3.63, 3.8) is 0 Å². The average molecular weight is 301 g/mol. The Morgan fingerprint density at radius 2 is 2.00 bits per heavy atom. The van der Waals surface area contributed by atoms with E-state index in [1.165, 1.54) is 6.92 Å². The smallest absolute Gasteiger partial charge is 0.329 e. The molecule has 0 radical (unpaired) electrons. The Kier molecular flexibility index (Phi) is 4.60. The summed E-state index contributed by atoms with van der Waals surface area (Å²) < 4.78 is 0. The number of amides is 1. The number of carbonyl (C=O) groups is 2. The molecule has 1 aromatic heterocycles. The zero-order valence-electron chi connectivity index (χ0n) is 12.6. The highest BCUT2D eigenvalue weighted by Gasteiger charge is 2.35. The average Bonchev–Trinajstić information content (AvgIpc) is 2.97. The van der Waals surface area contributed by atoms with Crippen LogP contribution in [0, 0.1) is 0 Å². The molecule has 0 aliphatic heterocycles. The van der Waals surface area contributed by atoms with Crippen molar-refractivity contribution in [2.45, 2.75) is 32.2 Å². The van der Waals surface area contributed by atoms with Gasteiger partial charge >= 0.3 is 5.97 Å². The molecular formula is C16H19N3O3. The van der Waals surface area contributed by atoms with E-state index in [1.807, 2.05) is 37.3 Å². The molecule has 0 fully saturated rings. The maximum absolute atomic E-state index is 12.2. The number of carbonyl (C=O) groups excluding carboxylic acids is 1. The highest BCUT2D eigenvalue weighted by atomic mass is 16.4. The fourth-order valence-electron chi connectivity index (χ4n) is 2.15. The van der Waals surface area contributed by atoms with Gasteiger partial charge in [0, 0.05) is 12.1 Å². The number of aliphatic carboxylic acids is 1. The quantitative estimate of drug-likeness (QED) is 0.758. The summed E-state index contributed by atoms with van der Waals surface area (Å²) >= 11 is 0. The Balaban J connectivity index is 2.17. The van der Waals surface area contributed by atoms with Gasteiger partial charge in [-0.25, -0.2) is 4.79 Å². The predicted molar refractivity (Wildman–Crippen MR) is 81.6 cm³/mol. The van der Waals surface area contributed by atoms with E-state index < -0.39 is 17.4 Å². The van der Waals surface area contributed by atoms with Crippen molar-refractivity contribution in [2.24, 2.45) is 0 Å². The number of aromatic amines is 1. The summed E-state index contributed by atoms with van der Waals surface area (Å²) in [4.78, 5) is 23.8. The molecular weight excluding hydrogens is 282 g/mol. The molecule has 0 bridgehead atoms. The van der Waals surface area contributed by atoms with Gasteiger partial charge in [-0.3, -0.25) is 9.89 Å². The summed E-state index contributed by atoms with van der Waals surface area (Å²) in [6.45, 7) is 3.43. The van der Waals surface area contributed by atoms with E-state index >= 15 is 0 Å². The number of aromatic nitrogens is 2. The van der Waals surface area contributed by atoms with Gasteiger partial charge in [-0.05, 0) is 25.0 Å². The zero-order chi connectivity index (χ0) is 16.2. The third-order valence-corrected chi connectivity index (χ3v) is 3.51. The van der Waals surface area contributed by atoms with Crippen LogP contribution in [0.15, 0.2) is 36.4 Å². The number of nitrogens with zero attached hydrogens (tertiary/aromatic N) is 1. The molecule has 116 valence electrons. The van der Waals surface area contributed by atoms with Gasteiger partial charge in [0.15, 0.2) is 0 Å². The molecule has 1 unspecified atom stereocenters. The molecule has 1 heterocycles. The molecule has 6 heteroatoms. The van der Waals surface area contributed by atoms with Gasteiger partial charge in [0.1, 0.15) is 11.2 Å². The van der Waals surface area contributed by atoms with Crippen molar-refractivity contribution in [2.75, 3.05) is 0 Å². The van der Waals surface area contributed by atoms with E-state index in [-0.39, 0.29) is 12.1 Å². The Labute approximate surface area is 128 Å². The number of rotatable bonds is 6. The first-order valence-corrected chi connectivity index (χ1v) is 7.08. The summed E-state index contributed by atoms with van der Waals surface area (Å²) in [5.41, 5.74) is 0.454. The summed E-state index contributed by atoms with van der Waals surface area (Å²) in [7, 11) is 0. The lowest BCUT2D eigenvalue weighted by atomic mass is 9.92. The summed E-state index contributed by atoms with van der Waals surface area (Å²) in [6.07, 6.45) is 0.917. The molecule has 3 N–H and O–H groups in total. The number of carboxylic acid groups (broad SMARTS) is 1. The highest BCUT2D eigenvalue weighted by molar-refractivity contribution is 5.96.